The third-order valence-electron chi connectivity index (χ3n) is 3.26. The molecule has 1 rings (SSSR count). The smallest absolute Gasteiger partial charge is 0.243 e. The molecule has 1 N–H and O–H groups in total. The zero-order valence-corrected chi connectivity index (χ0v) is 13.7. The van der Waals surface area contributed by atoms with Crippen molar-refractivity contribution in [1.29, 1.82) is 0 Å². The van der Waals surface area contributed by atoms with Gasteiger partial charge in [-0.1, -0.05) is 37.7 Å². The highest BCUT2D eigenvalue weighted by Crippen LogP contribution is 2.20. The van der Waals surface area contributed by atoms with Crippen molar-refractivity contribution in [3.63, 3.8) is 0 Å². The van der Waals surface area contributed by atoms with Crippen molar-refractivity contribution in [3.8, 4) is 11.8 Å². The van der Waals surface area contributed by atoms with E-state index in [1.807, 2.05) is 0 Å². The summed E-state index contributed by atoms with van der Waals surface area (Å²) in [4.78, 5) is 0.284. The molecule has 0 heterocycles. The number of sulfonamides is 1. The molecular weight excluding hydrogens is 286 g/mol. The first-order chi connectivity index (χ1) is 9.93. The lowest BCUT2D eigenvalue weighted by Crippen LogP contribution is -2.28. The van der Waals surface area contributed by atoms with E-state index >= 15 is 0 Å². The summed E-state index contributed by atoms with van der Waals surface area (Å²) in [6.07, 6.45) is 2.93. The molecule has 0 unspecified atom stereocenters. The molecule has 0 amide bonds. The van der Waals surface area contributed by atoms with Gasteiger partial charge in [0.05, 0.1) is 4.90 Å². The normalized spacial score (nSPS) is 11.3. The van der Waals surface area contributed by atoms with Crippen LogP contribution in [0.5, 0.6) is 0 Å². The number of aliphatic hydroxyl groups excluding tert-OH is 1. The summed E-state index contributed by atoms with van der Waals surface area (Å²) >= 11 is 0. The minimum atomic E-state index is -3.49. The maximum absolute atomic E-state index is 12.6. The van der Waals surface area contributed by atoms with E-state index in [1.54, 1.807) is 32.2 Å². The largest absolute Gasteiger partial charge is 0.384 e. The molecule has 0 fully saturated rings. The molecule has 4 nitrogen and oxygen atoms in total. The van der Waals surface area contributed by atoms with Crippen LogP contribution in [0.1, 0.15) is 37.3 Å². The van der Waals surface area contributed by atoms with E-state index in [0.29, 0.717) is 17.7 Å². The molecule has 0 aliphatic carbocycles. The third kappa shape index (κ3) is 4.85. The molecule has 21 heavy (non-hydrogen) atoms. The fraction of sp³-hybridized carbons (Fsp3) is 0.500. The molecule has 0 atom stereocenters. The number of benzene rings is 1. The van der Waals surface area contributed by atoms with Crippen molar-refractivity contribution < 1.29 is 13.5 Å². The van der Waals surface area contributed by atoms with Crippen molar-refractivity contribution in [1.82, 2.24) is 4.31 Å². The number of aryl methyl sites for hydroxylation is 1. The topological polar surface area (TPSA) is 57.6 Å². The highest BCUT2D eigenvalue weighted by molar-refractivity contribution is 7.89. The summed E-state index contributed by atoms with van der Waals surface area (Å²) in [5.74, 6) is 5.27. The van der Waals surface area contributed by atoms with E-state index in [-0.39, 0.29) is 11.5 Å². The van der Waals surface area contributed by atoms with Gasteiger partial charge in [0.2, 0.25) is 10.0 Å². The average Bonchev–Trinajstić information content (AvgIpc) is 2.46. The van der Waals surface area contributed by atoms with Crippen LogP contribution in [-0.4, -0.2) is 38.0 Å². The minimum absolute atomic E-state index is 0.243. The fourth-order valence-corrected chi connectivity index (χ4v) is 3.43. The number of nitrogens with zero attached hydrogens (tertiary/aromatic N) is 1. The first-order valence-corrected chi connectivity index (χ1v) is 8.54. The van der Waals surface area contributed by atoms with E-state index < -0.39 is 10.0 Å². The maximum Gasteiger partial charge on any atom is 0.243 e. The number of hydrogen-bond donors (Lipinski definition) is 1. The Labute approximate surface area is 127 Å². The van der Waals surface area contributed by atoms with Gasteiger partial charge in [-0.15, -0.1) is 0 Å². The molecule has 0 saturated heterocycles. The lowest BCUT2D eigenvalue weighted by Gasteiger charge is -2.18. The van der Waals surface area contributed by atoms with Crippen LogP contribution in [0.2, 0.25) is 0 Å². The van der Waals surface area contributed by atoms with Crippen LogP contribution in [0, 0.1) is 18.8 Å². The number of hydrogen-bond acceptors (Lipinski definition) is 3. The molecule has 0 aliphatic heterocycles. The van der Waals surface area contributed by atoms with Crippen LogP contribution in [0.4, 0.5) is 0 Å². The van der Waals surface area contributed by atoms with Crippen LogP contribution in [-0.2, 0) is 10.0 Å². The van der Waals surface area contributed by atoms with Crippen LogP contribution in [0.3, 0.4) is 0 Å². The van der Waals surface area contributed by atoms with Gasteiger partial charge in [0, 0.05) is 19.2 Å². The average molecular weight is 309 g/mol. The molecule has 0 saturated carbocycles. The Balaban J connectivity index is 3.06. The summed E-state index contributed by atoms with van der Waals surface area (Å²) in [7, 11) is -1.89. The molecule has 0 radical (unpaired) electrons. The first-order valence-electron chi connectivity index (χ1n) is 7.10. The second kappa shape index (κ2) is 8.18. The Bertz CT molecular complexity index is 627. The van der Waals surface area contributed by atoms with Gasteiger partial charge in [0.15, 0.2) is 0 Å². The van der Waals surface area contributed by atoms with Crippen molar-refractivity contribution in [2.75, 3.05) is 20.2 Å². The zero-order valence-electron chi connectivity index (χ0n) is 12.9. The van der Waals surface area contributed by atoms with Gasteiger partial charge in [0.25, 0.3) is 0 Å². The molecule has 116 valence electrons. The zero-order chi connectivity index (χ0) is 15.9. The first kappa shape index (κ1) is 17.7. The Morgan fingerprint density at radius 2 is 2.00 bits per heavy atom. The van der Waals surface area contributed by atoms with Crippen molar-refractivity contribution in [2.45, 2.75) is 38.0 Å². The van der Waals surface area contributed by atoms with Gasteiger partial charge in [-0.2, -0.15) is 0 Å². The highest BCUT2D eigenvalue weighted by Gasteiger charge is 2.22. The van der Waals surface area contributed by atoms with Gasteiger partial charge >= 0.3 is 0 Å². The summed E-state index contributed by atoms with van der Waals surface area (Å²) in [6.45, 7) is 4.13. The van der Waals surface area contributed by atoms with Gasteiger partial charge in [-0.05, 0) is 31.0 Å². The standard InChI is InChI=1S/C16H23NO3S/c1-4-5-6-11-17(3)21(19,20)16-13-15(8-7-12-18)10-9-14(16)2/h9-10,13,18H,4-6,11-12H2,1-3H3. The molecule has 1 aromatic carbocycles. The van der Waals surface area contributed by atoms with Crippen molar-refractivity contribution in [3.05, 3.63) is 29.3 Å². The lowest BCUT2D eigenvalue weighted by molar-refractivity contribution is 0.350. The molecule has 0 aliphatic rings. The summed E-state index contributed by atoms with van der Waals surface area (Å²) in [6, 6.07) is 5.08. The molecule has 5 heteroatoms. The second-order valence-electron chi connectivity index (χ2n) is 4.97. The second-order valence-corrected chi connectivity index (χ2v) is 6.99. The molecular formula is C16H23NO3S. The Hall–Kier alpha value is -1.35. The lowest BCUT2D eigenvalue weighted by atomic mass is 10.1. The Morgan fingerprint density at radius 3 is 2.62 bits per heavy atom. The predicted molar refractivity (Wildman–Crippen MR) is 84.5 cm³/mol. The van der Waals surface area contributed by atoms with Crippen molar-refractivity contribution >= 4 is 10.0 Å². The van der Waals surface area contributed by atoms with Crippen LogP contribution >= 0.6 is 0 Å². The minimum Gasteiger partial charge on any atom is -0.384 e. The van der Waals surface area contributed by atoms with Crippen LogP contribution in [0.15, 0.2) is 23.1 Å². The highest BCUT2D eigenvalue weighted by atomic mass is 32.2. The van der Waals surface area contributed by atoms with Gasteiger partial charge in [-0.25, -0.2) is 12.7 Å². The monoisotopic (exact) mass is 309 g/mol. The quantitative estimate of drug-likeness (QED) is 0.647. The third-order valence-corrected chi connectivity index (χ3v) is 5.26. The predicted octanol–water partition coefficient (Wildman–Crippen LogP) is 2.15. The summed E-state index contributed by atoms with van der Waals surface area (Å²) < 4.78 is 26.6. The molecule has 0 bridgehead atoms. The number of aliphatic hydroxyl groups is 1. The maximum atomic E-state index is 12.6. The molecule has 1 aromatic rings. The fourth-order valence-electron chi connectivity index (χ4n) is 1.97. The van der Waals surface area contributed by atoms with Crippen LogP contribution < -0.4 is 0 Å². The van der Waals surface area contributed by atoms with Gasteiger partial charge in [0.1, 0.15) is 6.61 Å². The van der Waals surface area contributed by atoms with E-state index in [2.05, 4.69) is 18.8 Å². The SMILES string of the molecule is CCCCCN(C)S(=O)(=O)c1cc(C#CCO)ccc1C. The van der Waals surface area contributed by atoms with E-state index in [4.69, 9.17) is 5.11 Å². The number of unbranched alkanes of at least 4 members (excludes halogenated alkanes) is 2. The van der Waals surface area contributed by atoms with Crippen LogP contribution in [0.25, 0.3) is 0 Å². The number of rotatable bonds is 6. The summed E-state index contributed by atoms with van der Waals surface area (Å²) in [5.41, 5.74) is 1.29. The Kier molecular flexibility index (Phi) is 6.90. The van der Waals surface area contributed by atoms with Gasteiger partial charge in [-0.3, -0.25) is 0 Å². The van der Waals surface area contributed by atoms with E-state index in [0.717, 1.165) is 19.3 Å². The van der Waals surface area contributed by atoms with E-state index in [9.17, 15) is 8.42 Å². The molecule has 0 spiro atoms. The summed E-state index contributed by atoms with van der Waals surface area (Å²) in [5, 5.41) is 8.72. The van der Waals surface area contributed by atoms with Crippen molar-refractivity contribution in [2.24, 2.45) is 0 Å². The molecule has 0 aromatic heterocycles. The van der Waals surface area contributed by atoms with E-state index in [1.165, 1.54) is 4.31 Å². The van der Waals surface area contributed by atoms with Gasteiger partial charge < -0.3 is 5.11 Å². The Morgan fingerprint density at radius 1 is 1.29 bits per heavy atom.